The molecule has 0 aliphatic heterocycles. The molecule has 1 unspecified atom stereocenters. The molecule has 2 heteroatoms. The summed E-state index contributed by atoms with van der Waals surface area (Å²) >= 11 is 0. The second-order valence-corrected chi connectivity index (χ2v) is 4.54. The molecule has 0 radical (unpaired) electrons. The van der Waals surface area contributed by atoms with Crippen LogP contribution in [0.5, 0.6) is 0 Å². The van der Waals surface area contributed by atoms with E-state index in [4.69, 9.17) is 0 Å². The molecule has 18 heavy (non-hydrogen) atoms. The van der Waals surface area contributed by atoms with Crippen molar-refractivity contribution in [3.8, 4) is 0 Å². The lowest BCUT2D eigenvalue weighted by Gasteiger charge is -2.14. The maximum absolute atomic E-state index is 4.24. The summed E-state index contributed by atoms with van der Waals surface area (Å²) in [5.41, 5.74) is 3.87. The van der Waals surface area contributed by atoms with Crippen LogP contribution in [-0.4, -0.2) is 9.97 Å². The zero-order valence-electron chi connectivity index (χ0n) is 10.4. The highest BCUT2D eigenvalue weighted by Gasteiger charge is 2.15. The van der Waals surface area contributed by atoms with Crippen LogP contribution in [-0.2, 0) is 0 Å². The number of pyridine rings is 1. The van der Waals surface area contributed by atoms with E-state index in [9.17, 15) is 0 Å². The fourth-order valence-electron chi connectivity index (χ4n) is 2.59. The van der Waals surface area contributed by atoms with Crippen LogP contribution in [0.3, 0.4) is 0 Å². The summed E-state index contributed by atoms with van der Waals surface area (Å²) in [6.07, 6.45) is 6.98. The van der Waals surface area contributed by atoms with Crippen molar-refractivity contribution >= 4 is 10.9 Å². The van der Waals surface area contributed by atoms with Gasteiger partial charge in [-0.25, -0.2) is 0 Å². The van der Waals surface area contributed by atoms with Crippen LogP contribution >= 0.6 is 0 Å². The SMILES string of the molecule is CCC(c1ccccc1)c1c[nH]c2ccncc12. The van der Waals surface area contributed by atoms with Crippen LogP contribution in [0.1, 0.15) is 30.4 Å². The Bertz CT molecular complexity index is 640. The monoisotopic (exact) mass is 236 g/mol. The summed E-state index contributed by atoms with van der Waals surface area (Å²) < 4.78 is 0. The molecule has 1 atom stereocenters. The Morgan fingerprint density at radius 2 is 2.00 bits per heavy atom. The van der Waals surface area contributed by atoms with E-state index in [0.717, 1.165) is 11.9 Å². The van der Waals surface area contributed by atoms with Gasteiger partial charge in [-0.05, 0) is 23.6 Å². The first-order valence-corrected chi connectivity index (χ1v) is 6.36. The summed E-state index contributed by atoms with van der Waals surface area (Å²) in [5.74, 6) is 0.434. The maximum atomic E-state index is 4.24. The van der Waals surface area contributed by atoms with Crippen molar-refractivity contribution in [3.63, 3.8) is 0 Å². The van der Waals surface area contributed by atoms with Crippen LogP contribution in [0.4, 0.5) is 0 Å². The van der Waals surface area contributed by atoms with Crippen LogP contribution in [0.15, 0.2) is 55.0 Å². The fourth-order valence-corrected chi connectivity index (χ4v) is 2.59. The molecular weight excluding hydrogens is 220 g/mol. The average molecular weight is 236 g/mol. The van der Waals surface area contributed by atoms with Gasteiger partial charge in [0.1, 0.15) is 0 Å². The van der Waals surface area contributed by atoms with Crippen LogP contribution < -0.4 is 0 Å². The molecule has 0 amide bonds. The number of aromatic amines is 1. The van der Waals surface area contributed by atoms with Crippen molar-refractivity contribution in [2.75, 3.05) is 0 Å². The third kappa shape index (κ3) is 1.80. The van der Waals surface area contributed by atoms with Gasteiger partial charge in [0.05, 0.1) is 0 Å². The van der Waals surface area contributed by atoms with E-state index in [1.54, 1.807) is 0 Å². The summed E-state index contributed by atoms with van der Waals surface area (Å²) in [7, 11) is 0. The lowest BCUT2D eigenvalue weighted by Crippen LogP contribution is -1.98. The Labute approximate surface area is 107 Å². The fraction of sp³-hybridized carbons (Fsp3) is 0.188. The Morgan fingerprint density at radius 3 is 2.78 bits per heavy atom. The van der Waals surface area contributed by atoms with Gasteiger partial charge in [-0.1, -0.05) is 37.3 Å². The minimum absolute atomic E-state index is 0.434. The molecule has 2 nitrogen and oxygen atoms in total. The second-order valence-electron chi connectivity index (χ2n) is 4.54. The van der Waals surface area contributed by atoms with Crippen molar-refractivity contribution in [2.24, 2.45) is 0 Å². The predicted octanol–water partition coefficient (Wildman–Crippen LogP) is 4.10. The molecule has 2 heterocycles. The zero-order valence-corrected chi connectivity index (χ0v) is 10.4. The standard InChI is InChI=1S/C16H16N2/c1-2-13(12-6-4-3-5-7-12)14-11-18-16-8-9-17-10-15(14)16/h3-11,13,18H,2H2,1H3. The van der Waals surface area contributed by atoms with E-state index in [-0.39, 0.29) is 0 Å². The highest BCUT2D eigenvalue weighted by molar-refractivity contribution is 5.83. The molecule has 0 bridgehead atoms. The van der Waals surface area contributed by atoms with Gasteiger partial charge in [0, 0.05) is 35.4 Å². The number of aromatic nitrogens is 2. The van der Waals surface area contributed by atoms with Gasteiger partial charge in [-0.2, -0.15) is 0 Å². The van der Waals surface area contributed by atoms with E-state index in [0.29, 0.717) is 5.92 Å². The smallest absolute Gasteiger partial charge is 0.0488 e. The van der Waals surface area contributed by atoms with Crippen molar-refractivity contribution in [1.82, 2.24) is 9.97 Å². The highest BCUT2D eigenvalue weighted by Crippen LogP contribution is 2.32. The first-order chi connectivity index (χ1) is 8.90. The summed E-state index contributed by atoms with van der Waals surface area (Å²) in [6, 6.07) is 12.7. The zero-order chi connectivity index (χ0) is 12.4. The largest absolute Gasteiger partial charge is 0.361 e. The average Bonchev–Trinajstić information content (AvgIpc) is 2.85. The van der Waals surface area contributed by atoms with Crippen LogP contribution in [0, 0.1) is 0 Å². The first-order valence-electron chi connectivity index (χ1n) is 6.36. The number of benzene rings is 1. The molecule has 0 aliphatic rings. The number of fused-ring (bicyclic) bond motifs is 1. The van der Waals surface area contributed by atoms with Gasteiger partial charge in [0.15, 0.2) is 0 Å². The van der Waals surface area contributed by atoms with E-state index >= 15 is 0 Å². The summed E-state index contributed by atoms with van der Waals surface area (Å²) in [6.45, 7) is 2.23. The molecule has 2 aromatic heterocycles. The van der Waals surface area contributed by atoms with Crippen LogP contribution in [0.25, 0.3) is 10.9 Å². The van der Waals surface area contributed by atoms with Gasteiger partial charge < -0.3 is 4.98 Å². The van der Waals surface area contributed by atoms with E-state index < -0.39 is 0 Å². The summed E-state index contributed by atoms with van der Waals surface area (Å²) in [4.78, 5) is 7.57. The molecule has 0 saturated carbocycles. The molecule has 1 N–H and O–H groups in total. The number of nitrogens with zero attached hydrogens (tertiary/aromatic N) is 1. The lowest BCUT2D eigenvalue weighted by molar-refractivity contribution is 0.783. The molecule has 3 rings (SSSR count). The molecule has 90 valence electrons. The number of rotatable bonds is 3. The molecule has 1 aromatic carbocycles. The van der Waals surface area contributed by atoms with Gasteiger partial charge >= 0.3 is 0 Å². The van der Waals surface area contributed by atoms with Gasteiger partial charge in [-0.3, -0.25) is 4.98 Å². The van der Waals surface area contributed by atoms with E-state index in [1.165, 1.54) is 16.5 Å². The van der Waals surface area contributed by atoms with Crippen molar-refractivity contribution < 1.29 is 0 Å². The molecule has 0 aliphatic carbocycles. The number of H-pyrrole nitrogens is 1. The van der Waals surface area contributed by atoms with Gasteiger partial charge in [0.25, 0.3) is 0 Å². The number of hydrogen-bond donors (Lipinski definition) is 1. The Kier molecular flexibility index (Phi) is 2.85. The second kappa shape index (κ2) is 4.65. The number of nitrogens with one attached hydrogen (secondary N) is 1. The quantitative estimate of drug-likeness (QED) is 0.728. The summed E-state index contributed by atoms with van der Waals surface area (Å²) in [5, 5.41) is 1.23. The van der Waals surface area contributed by atoms with Gasteiger partial charge in [0.2, 0.25) is 0 Å². The maximum Gasteiger partial charge on any atom is 0.0488 e. The first kappa shape index (κ1) is 11.0. The highest BCUT2D eigenvalue weighted by atomic mass is 14.7. The van der Waals surface area contributed by atoms with E-state index in [2.05, 4.69) is 53.4 Å². The lowest BCUT2D eigenvalue weighted by atomic mass is 9.89. The van der Waals surface area contributed by atoms with Crippen molar-refractivity contribution in [2.45, 2.75) is 19.3 Å². The molecule has 0 saturated heterocycles. The Hall–Kier alpha value is -2.09. The predicted molar refractivity (Wildman–Crippen MR) is 74.7 cm³/mol. The van der Waals surface area contributed by atoms with Crippen molar-refractivity contribution in [1.29, 1.82) is 0 Å². The topological polar surface area (TPSA) is 28.7 Å². The molecule has 0 spiro atoms. The van der Waals surface area contributed by atoms with E-state index in [1.807, 2.05) is 18.5 Å². The molecule has 3 aromatic rings. The normalized spacial score (nSPS) is 12.7. The number of hydrogen-bond acceptors (Lipinski definition) is 1. The van der Waals surface area contributed by atoms with Crippen LogP contribution in [0.2, 0.25) is 0 Å². The Morgan fingerprint density at radius 1 is 1.17 bits per heavy atom. The minimum Gasteiger partial charge on any atom is -0.361 e. The van der Waals surface area contributed by atoms with Crippen molar-refractivity contribution in [3.05, 3.63) is 66.1 Å². The molecular formula is C16H16N2. The Balaban J connectivity index is 2.12. The molecule has 0 fully saturated rings. The third-order valence-electron chi connectivity index (χ3n) is 3.50. The minimum atomic E-state index is 0.434. The third-order valence-corrected chi connectivity index (χ3v) is 3.50. The van der Waals surface area contributed by atoms with Gasteiger partial charge in [-0.15, -0.1) is 0 Å².